The van der Waals surface area contributed by atoms with Gasteiger partial charge in [0, 0.05) is 24.7 Å². The molecule has 0 spiro atoms. The van der Waals surface area contributed by atoms with E-state index in [2.05, 4.69) is 15.3 Å². The summed E-state index contributed by atoms with van der Waals surface area (Å²) in [6.45, 7) is 2.94. The number of hydrogen-bond donors (Lipinski definition) is 1. The standard InChI is InChI=1S/C10H17N3S.ClH/c11-4-7-13-6-2-1-3-9(13)10-12-5-8-14-10;/h5,8-9H,1-4,6-7,11H2;1H. The molecule has 0 aromatic carbocycles. The first kappa shape index (κ1) is 12.9. The summed E-state index contributed by atoms with van der Waals surface area (Å²) in [5.41, 5.74) is 5.62. The Balaban J connectivity index is 0.00000112. The lowest BCUT2D eigenvalue weighted by molar-refractivity contribution is 0.153. The molecule has 2 rings (SSSR count). The fraction of sp³-hybridized carbons (Fsp3) is 0.700. The fourth-order valence-electron chi connectivity index (χ4n) is 2.10. The second-order valence-electron chi connectivity index (χ2n) is 3.71. The quantitative estimate of drug-likeness (QED) is 0.889. The van der Waals surface area contributed by atoms with Crippen LogP contribution in [0.1, 0.15) is 30.3 Å². The highest BCUT2D eigenvalue weighted by Gasteiger charge is 2.24. The van der Waals surface area contributed by atoms with Crippen LogP contribution in [-0.4, -0.2) is 29.5 Å². The molecule has 1 unspecified atom stereocenters. The predicted octanol–water partition coefficient (Wildman–Crippen LogP) is 2.05. The molecule has 1 aliphatic rings. The number of halogens is 1. The maximum atomic E-state index is 5.62. The number of nitrogens with two attached hydrogens (primary N) is 1. The Kier molecular flexibility index (Phi) is 5.53. The third-order valence-corrected chi connectivity index (χ3v) is 3.64. The van der Waals surface area contributed by atoms with E-state index in [-0.39, 0.29) is 12.4 Å². The summed E-state index contributed by atoms with van der Waals surface area (Å²) in [7, 11) is 0. The van der Waals surface area contributed by atoms with Crippen molar-refractivity contribution in [3.8, 4) is 0 Å². The maximum absolute atomic E-state index is 5.62. The van der Waals surface area contributed by atoms with Crippen molar-refractivity contribution < 1.29 is 0 Å². The minimum atomic E-state index is 0. The van der Waals surface area contributed by atoms with Crippen molar-refractivity contribution in [1.29, 1.82) is 0 Å². The second-order valence-corrected chi connectivity index (χ2v) is 4.63. The Bertz CT molecular complexity index is 264. The van der Waals surface area contributed by atoms with Crippen LogP contribution in [0.5, 0.6) is 0 Å². The van der Waals surface area contributed by atoms with Crippen LogP contribution in [0.3, 0.4) is 0 Å². The number of nitrogens with zero attached hydrogens (tertiary/aromatic N) is 2. The molecule has 15 heavy (non-hydrogen) atoms. The lowest BCUT2D eigenvalue weighted by atomic mass is 10.0. The number of thiazole rings is 1. The highest BCUT2D eigenvalue weighted by atomic mass is 35.5. The smallest absolute Gasteiger partial charge is 0.110 e. The Morgan fingerprint density at radius 2 is 2.40 bits per heavy atom. The van der Waals surface area contributed by atoms with Crippen molar-refractivity contribution in [3.05, 3.63) is 16.6 Å². The van der Waals surface area contributed by atoms with Crippen LogP contribution >= 0.6 is 23.7 Å². The molecule has 1 saturated heterocycles. The molecular weight excluding hydrogens is 230 g/mol. The largest absolute Gasteiger partial charge is 0.329 e. The van der Waals surface area contributed by atoms with Crippen LogP contribution in [0, 0.1) is 0 Å². The molecular formula is C10H18ClN3S. The minimum Gasteiger partial charge on any atom is -0.329 e. The molecule has 0 amide bonds. The Morgan fingerprint density at radius 3 is 3.07 bits per heavy atom. The first-order chi connectivity index (χ1) is 6.92. The van der Waals surface area contributed by atoms with Crippen molar-refractivity contribution in [1.82, 2.24) is 9.88 Å². The van der Waals surface area contributed by atoms with E-state index >= 15 is 0 Å². The van der Waals surface area contributed by atoms with Crippen LogP contribution in [0.25, 0.3) is 0 Å². The van der Waals surface area contributed by atoms with Crippen LogP contribution in [0.2, 0.25) is 0 Å². The Morgan fingerprint density at radius 1 is 1.53 bits per heavy atom. The summed E-state index contributed by atoms with van der Waals surface area (Å²) >= 11 is 1.77. The number of piperidine rings is 1. The zero-order chi connectivity index (χ0) is 9.80. The second kappa shape index (κ2) is 6.43. The molecule has 2 N–H and O–H groups in total. The van der Waals surface area contributed by atoms with Gasteiger partial charge in [0.15, 0.2) is 0 Å². The first-order valence-corrected chi connectivity index (χ1v) is 6.13. The molecule has 0 saturated carbocycles. The zero-order valence-electron chi connectivity index (χ0n) is 8.76. The van der Waals surface area contributed by atoms with Crippen LogP contribution < -0.4 is 5.73 Å². The van der Waals surface area contributed by atoms with Gasteiger partial charge in [-0.05, 0) is 19.4 Å². The summed E-state index contributed by atoms with van der Waals surface area (Å²) in [5.74, 6) is 0. The molecule has 0 radical (unpaired) electrons. The molecule has 0 bridgehead atoms. The van der Waals surface area contributed by atoms with E-state index in [0.29, 0.717) is 6.04 Å². The van der Waals surface area contributed by atoms with Gasteiger partial charge >= 0.3 is 0 Å². The summed E-state index contributed by atoms with van der Waals surface area (Å²) in [6.07, 6.45) is 5.77. The molecule has 0 aliphatic carbocycles. The average molecular weight is 248 g/mol. The van der Waals surface area contributed by atoms with Crippen molar-refractivity contribution in [2.75, 3.05) is 19.6 Å². The van der Waals surface area contributed by atoms with Crippen LogP contribution in [0.15, 0.2) is 11.6 Å². The summed E-state index contributed by atoms with van der Waals surface area (Å²) in [5, 5.41) is 3.32. The number of likely N-dealkylation sites (tertiary alicyclic amines) is 1. The van der Waals surface area contributed by atoms with Gasteiger partial charge in [0.2, 0.25) is 0 Å². The highest BCUT2D eigenvalue weighted by Crippen LogP contribution is 2.31. The minimum absolute atomic E-state index is 0. The molecule has 1 atom stereocenters. The lowest BCUT2D eigenvalue weighted by Crippen LogP contribution is -2.36. The predicted molar refractivity (Wildman–Crippen MR) is 66.6 cm³/mol. The highest BCUT2D eigenvalue weighted by molar-refractivity contribution is 7.09. The third-order valence-electron chi connectivity index (χ3n) is 2.77. The van der Waals surface area contributed by atoms with Crippen molar-refractivity contribution in [3.63, 3.8) is 0 Å². The van der Waals surface area contributed by atoms with Crippen molar-refractivity contribution >= 4 is 23.7 Å². The van der Waals surface area contributed by atoms with Gasteiger partial charge in [0.1, 0.15) is 5.01 Å². The van der Waals surface area contributed by atoms with E-state index in [9.17, 15) is 0 Å². The maximum Gasteiger partial charge on any atom is 0.110 e. The molecule has 1 aromatic heterocycles. The van der Waals surface area contributed by atoms with Gasteiger partial charge in [0.25, 0.3) is 0 Å². The van der Waals surface area contributed by atoms with E-state index in [0.717, 1.165) is 13.1 Å². The van der Waals surface area contributed by atoms with Gasteiger partial charge in [-0.1, -0.05) is 6.42 Å². The van der Waals surface area contributed by atoms with E-state index in [4.69, 9.17) is 5.73 Å². The van der Waals surface area contributed by atoms with Gasteiger partial charge in [-0.2, -0.15) is 0 Å². The van der Waals surface area contributed by atoms with Crippen molar-refractivity contribution in [2.24, 2.45) is 5.73 Å². The number of aromatic nitrogens is 1. The van der Waals surface area contributed by atoms with Crippen LogP contribution in [0.4, 0.5) is 0 Å². The molecule has 5 heteroatoms. The van der Waals surface area contributed by atoms with E-state index in [1.54, 1.807) is 11.3 Å². The normalized spacial score (nSPS) is 22.3. The fourth-order valence-corrected chi connectivity index (χ4v) is 2.91. The van der Waals surface area contributed by atoms with E-state index < -0.39 is 0 Å². The third kappa shape index (κ3) is 3.14. The van der Waals surface area contributed by atoms with Gasteiger partial charge in [0.05, 0.1) is 6.04 Å². The zero-order valence-corrected chi connectivity index (χ0v) is 10.4. The summed E-state index contributed by atoms with van der Waals surface area (Å²) in [4.78, 5) is 6.88. The van der Waals surface area contributed by atoms with Gasteiger partial charge in [-0.15, -0.1) is 23.7 Å². The molecule has 1 aliphatic heterocycles. The molecule has 3 nitrogen and oxygen atoms in total. The molecule has 1 aromatic rings. The van der Waals surface area contributed by atoms with E-state index in [1.165, 1.54) is 30.8 Å². The number of hydrogen-bond acceptors (Lipinski definition) is 4. The molecule has 1 fully saturated rings. The first-order valence-electron chi connectivity index (χ1n) is 5.25. The summed E-state index contributed by atoms with van der Waals surface area (Å²) < 4.78 is 0. The van der Waals surface area contributed by atoms with Crippen molar-refractivity contribution in [2.45, 2.75) is 25.3 Å². The molecule has 2 heterocycles. The number of rotatable bonds is 3. The topological polar surface area (TPSA) is 42.1 Å². The Labute approximate surface area is 101 Å². The summed E-state index contributed by atoms with van der Waals surface area (Å²) in [6, 6.07) is 0.535. The lowest BCUT2D eigenvalue weighted by Gasteiger charge is -2.34. The van der Waals surface area contributed by atoms with Gasteiger partial charge in [-0.3, -0.25) is 4.90 Å². The Hall–Kier alpha value is -0.160. The van der Waals surface area contributed by atoms with Crippen LogP contribution in [-0.2, 0) is 0 Å². The van der Waals surface area contributed by atoms with Gasteiger partial charge < -0.3 is 5.73 Å². The molecule has 86 valence electrons. The SMILES string of the molecule is Cl.NCCN1CCCCC1c1nccs1. The monoisotopic (exact) mass is 247 g/mol. The van der Waals surface area contributed by atoms with E-state index in [1.807, 2.05) is 6.20 Å². The average Bonchev–Trinajstić information content (AvgIpc) is 2.72. The van der Waals surface area contributed by atoms with Gasteiger partial charge in [-0.25, -0.2) is 4.98 Å².